The third-order valence-corrected chi connectivity index (χ3v) is 4.20. The van der Waals surface area contributed by atoms with Crippen LogP contribution >= 0.6 is 0 Å². The molecule has 3 heteroatoms. The van der Waals surface area contributed by atoms with Crippen LogP contribution in [0.2, 0.25) is 0 Å². The number of aromatic amines is 1. The van der Waals surface area contributed by atoms with E-state index in [1.807, 2.05) is 12.3 Å². The number of hydrogen-bond donors (Lipinski definition) is 1. The third-order valence-electron chi connectivity index (χ3n) is 4.20. The van der Waals surface area contributed by atoms with E-state index in [0.29, 0.717) is 11.8 Å². The van der Waals surface area contributed by atoms with E-state index in [2.05, 4.69) is 69.4 Å². The molecule has 0 fully saturated rings. The van der Waals surface area contributed by atoms with Gasteiger partial charge in [-0.1, -0.05) is 45.9 Å². The largest absolute Gasteiger partial charge is 0.337 e. The van der Waals surface area contributed by atoms with Crippen molar-refractivity contribution in [1.29, 1.82) is 0 Å². The maximum Gasteiger partial charge on any atom is 0.153 e. The predicted molar refractivity (Wildman–Crippen MR) is 99.9 cm³/mol. The molecule has 0 radical (unpaired) electrons. The van der Waals surface area contributed by atoms with E-state index in [9.17, 15) is 0 Å². The van der Waals surface area contributed by atoms with Gasteiger partial charge in [-0.2, -0.15) is 0 Å². The molecule has 2 rings (SSSR count). The maximum absolute atomic E-state index is 4.71. The molecule has 1 aromatic heterocycles. The number of allylic oxidation sites excluding steroid dienone is 2. The second-order valence-corrected chi connectivity index (χ2v) is 6.48. The lowest BCUT2D eigenvalue weighted by Gasteiger charge is -2.09. The molecule has 1 N–H and O–H groups in total. The van der Waals surface area contributed by atoms with E-state index < -0.39 is 0 Å². The van der Waals surface area contributed by atoms with Crippen LogP contribution in [0.1, 0.15) is 45.5 Å². The molecule has 0 saturated carbocycles. The maximum atomic E-state index is 4.71. The number of fused-ring (bicyclic) bond motifs is 1. The van der Waals surface area contributed by atoms with Crippen molar-refractivity contribution in [3.63, 3.8) is 0 Å². The summed E-state index contributed by atoms with van der Waals surface area (Å²) in [6.45, 7) is 14.8. The lowest BCUT2D eigenvalue weighted by molar-refractivity contribution is 0.735. The van der Waals surface area contributed by atoms with Gasteiger partial charge in [0.25, 0.3) is 0 Å². The fraction of sp³-hybridized carbons (Fsp3) is 0.400. The van der Waals surface area contributed by atoms with Gasteiger partial charge in [-0.25, -0.2) is 4.98 Å². The summed E-state index contributed by atoms with van der Waals surface area (Å²) in [7, 11) is 0. The predicted octanol–water partition coefficient (Wildman–Crippen LogP) is 5.43. The van der Waals surface area contributed by atoms with Crippen molar-refractivity contribution in [2.75, 3.05) is 0 Å². The molecular weight excluding hydrogens is 282 g/mol. The van der Waals surface area contributed by atoms with Crippen molar-refractivity contribution in [3.05, 3.63) is 54.0 Å². The van der Waals surface area contributed by atoms with Crippen molar-refractivity contribution < 1.29 is 0 Å². The number of rotatable bonds is 6. The molecule has 0 spiro atoms. The van der Waals surface area contributed by atoms with Crippen LogP contribution in [-0.4, -0.2) is 15.7 Å². The van der Waals surface area contributed by atoms with Gasteiger partial charge in [0.05, 0.1) is 16.7 Å². The number of aliphatic imine (C=N–C) groups is 1. The Balaban J connectivity index is 2.38. The zero-order valence-electron chi connectivity index (χ0n) is 14.9. The Bertz CT molecular complexity index is 747. The minimum absolute atomic E-state index is 0.341. The summed E-state index contributed by atoms with van der Waals surface area (Å²) in [4.78, 5) is 12.8. The molecular formula is C20H27N3. The summed E-state index contributed by atoms with van der Waals surface area (Å²) in [6.07, 6.45) is 4.86. The molecule has 0 bridgehead atoms. The molecule has 3 nitrogen and oxygen atoms in total. The smallest absolute Gasteiger partial charge is 0.153 e. The van der Waals surface area contributed by atoms with Crippen LogP contribution in [0, 0.1) is 18.8 Å². The highest BCUT2D eigenvalue weighted by atomic mass is 14.9. The first kappa shape index (κ1) is 17.2. The summed E-state index contributed by atoms with van der Waals surface area (Å²) in [5.41, 5.74) is 5.35. The first-order valence-corrected chi connectivity index (χ1v) is 8.32. The van der Waals surface area contributed by atoms with E-state index in [1.54, 1.807) is 0 Å². The fourth-order valence-corrected chi connectivity index (χ4v) is 2.27. The van der Waals surface area contributed by atoms with Crippen molar-refractivity contribution in [3.8, 4) is 0 Å². The fourth-order valence-electron chi connectivity index (χ4n) is 2.27. The highest BCUT2D eigenvalue weighted by Crippen LogP contribution is 2.18. The number of aryl methyl sites for hydroxylation is 1. The molecule has 0 aliphatic heterocycles. The van der Waals surface area contributed by atoms with Crippen LogP contribution in [0.25, 0.3) is 11.0 Å². The van der Waals surface area contributed by atoms with Crippen LogP contribution in [0.4, 0.5) is 0 Å². The van der Waals surface area contributed by atoms with Gasteiger partial charge in [0.2, 0.25) is 0 Å². The summed E-state index contributed by atoms with van der Waals surface area (Å²) >= 11 is 0. The standard InChI is InChI=1S/C20H27N3/c1-7-15(5)19(21-11-10-16(6)13(2)3)20-22-17-9-8-14(4)12-18(17)23-20/h8-13,15H,6-7H2,1-5H3,(H,22,23)/b11-10-,21-19+. The first-order chi connectivity index (χ1) is 10.9. The van der Waals surface area contributed by atoms with Crippen LogP contribution < -0.4 is 0 Å². The number of hydrogen-bond acceptors (Lipinski definition) is 2. The molecule has 1 heterocycles. The molecule has 23 heavy (non-hydrogen) atoms. The average molecular weight is 309 g/mol. The zero-order chi connectivity index (χ0) is 17.0. The third kappa shape index (κ3) is 4.19. The van der Waals surface area contributed by atoms with Gasteiger partial charge >= 0.3 is 0 Å². The lowest BCUT2D eigenvalue weighted by Crippen LogP contribution is -2.13. The van der Waals surface area contributed by atoms with Crippen LogP contribution in [-0.2, 0) is 0 Å². The van der Waals surface area contributed by atoms with Crippen molar-refractivity contribution >= 4 is 16.7 Å². The number of H-pyrrole nitrogens is 1. The molecule has 0 aliphatic carbocycles. The Hall–Kier alpha value is -2.16. The summed E-state index contributed by atoms with van der Waals surface area (Å²) in [5.74, 6) is 1.64. The second kappa shape index (κ2) is 7.40. The van der Waals surface area contributed by atoms with E-state index in [1.165, 1.54) is 5.56 Å². The van der Waals surface area contributed by atoms with Gasteiger partial charge in [0.15, 0.2) is 5.82 Å². The monoisotopic (exact) mass is 309 g/mol. The molecule has 1 aromatic carbocycles. The van der Waals surface area contributed by atoms with Gasteiger partial charge in [0, 0.05) is 12.1 Å². The quantitative estimate of drug-likeness (QED) is 0.561. The first-order valence-electron chi connectivity index (χ1n) is 8.32. The van der Waals surface area contributed by atoms with Gasteiger partial charge < -0.3 is 4.98 Å². The Morgan fingerprint density at radius 3 is 2.74 bits per heavy atom. The second-order valence-electron chi connectivity index (χ2n) is 6.48. The zero-order valence-corrected chi connectivity index (χ0v) is 14.9. The SMILES string of the molecule is C=C(/C=C\N=C(\c1nc2ccc(C)cc2[nH]1)C(C)CC)C(C)C. The van der Waals surface area contributed by atoms with E-state index in [0.717, 1.165) is 34.6 Å². The number of imidazole rings is 1. The molecule has 0 saturated heterocycles. The van der Waals surface area contributed by atoms with Crippen molar-refractivity contribution in [1.82, 2.24) is 9.97 Å². The Morgan fingerprint density at radius 2 is 2.09 bits per heavy atom. The van der Waals surface area contributed by atoms with Crippen molar-refractivity contribution in [2.24, 2.45) is 16.8 Å². The van der Waals surface area contributed by atoms with E-state index in [-0.39, 0.29) is 0 Å². The topological polar surface area (TPSA) is 41.0 Å². The number of aromatic nitrogens is 2. The van der Waals surface area contributed by atoms with Gasteiger partial charge in [-0.15, -0.1) is 0 Å². The van der Waals surface area contributed by atoms with Crippen molar-refractivity contribution in [2.45, 2.75) is 41.0 Å². The molecule has 122 valence electrons. The molecule has 0 amide bonds. The summed E-state index contributed by atoms with van der Waals surface area (Å²) in [5, 5.41) is 0. The number of benzene rings is 1. The molecule has 0 aliphatic rings. The van der Waals surface area contributed by atoms with E-state index in [4.69, 9.17) is 4.98 Å². The minimum atomic E-state index is 0.341. The molecule has 1 unspecified atom stereocenters. The van der Waals surface area contributed by atoms with Crippen LogP contribution in [0.5, 0.6) is 0 Å². The van der Waals surface area contributed by atoms with Gasteiger partial charge in [-0.05, 0) is 43.0 Å². The van der Waals surface area contributed by atoms with Gasteiger partial charge in [-0.3, -0.25) is 4.99 Å². The normalized spacial score (nSPS) is 14.1. The Morgan fingerprint density at radius 1 is 1.35 bits per heavy atom. The highest BCUT2D eigenvalue weighted by molar-refractivity contribution is 6.01. The summed E-state index contributed by atoms with van der Waals surface area (Å²) < 4.78 is 0. The molecule has 2 aromatic rings. The average Bonchev–Trinajstić information content (AvgIpc) is 2.92. The Labute approximate surface area is 139 Å². The number of nitrogens with zero attached hydrogens (tertiary/aromatic N) is 2. The number of nitrogens with one attached hydrogen (secondary N) is 1. The summed E-state index contributed by atoms with van der Waals surface area (Å²) in [6, 6.07) is 6.26. The van der Waals surface area contributed by atoms with E-state index >= 15 is 0 Å². The highest BCUT2D eigenvalue weighted by Gasteiger charge is 2.15. The molecule has 1 atom stereocenters. The lowest BCUT2D eigenvalue weighted by atomic mass is 10.0. The Kier molecular flexibility index (Phi) is 5.54. The van der Waals surface area contributed by atoms with Gasteiger partial charge in [0.1, 0.15) is 0 Å². The van der Waals surface area contributed by atoms with Crippen LogP contribution in [0.15, 0.2) is 47.6 Å². The minimum Gasteiger partial charge on any atom is -0.337 e. The van der Waals surface area contributed by atoms with Crippen LogP contribution in [0.3, 0.4) is 0 Å².